The van der Waals surface area contributed by atoms with Crippen LogP contribution in [-0.2, 0) is 28.7 Å². The molecule has 0 aromatic heterocycles. The molecule has 2 bridgehead atoms. The first-order chi connectivity index (χ1) is 20.0. The molecule has 7 rings (SSSR count). The Balaban J connectivity index is 1.55. The highest BCUT2D eigenvalue weighted by Crippen LogP contribution is 2.72. The fourth-order valence-electron chi connectivity index (χ4n) is 7.70. The molecule has 0 spiro atoms. The highest BCUT2D eigenvalue weighted by atomic mass is 79.9. The van der Waals surface area contributed by atoms with E-state index in [-0.39, 0.29) is 12.2 Å². The van der Waals surface area contributed by atoms with E-state index in [2.05, 4.69) is 15.9 Å². The zero-order chi connectivity index (χ0) is 30.3. The second kappa shape index (κ2) is 9.52. The van der Waals surface area contributed by atoms with E-state index in [9.17, 15) is 24.0 Å². The number of ether oxygens (including phenoxy) is 3. The molecule has 2 heterocycles. The number of anilines is 2. The van der Waals surface area contributed by atoms with Crippen LogP contribution in [0.1, 0.15) is 20.8 Å². The number of benzene rings is 2. The third kappa shape index (κ3) is 3.34. The van der Waals surface area contributed by atoms with Crippen LogP contribution in [0.4, 0.5) is 11.4 Å². The van der Waals surface area contributed by atoms with Crippen LogP contribution in [0.15, 0.2) is 59.7 Å². The quantitative estimate of drug-likeness (QED) is 0.268. The first kappa shape index (κ1) is 28.1. The molecular formula is C31H29BrN2O8. The first-order valence-corrected chi connectivity index (χ1v) is 14.4. The highest BCUT2D eigenvalue weighted by molar-refractivity contribution is 9.10. The Morgan fingerprint density at radius 1 is 0.762 bits per heavy atom. The Labute approximate surface area is 250 Å². The molecule has 42 heavy (non-hydrogen) atoms. The SMILES string of the molecule is CCOC(=O)C1=C(C)C2(Br)[C@@H]3C(=O)N(c4ccc(OC)cc4)C(=O)[C@@H]3C1(C)[C@H]1C(=O)N(c3ccc(OC)cc3)C(=O)[C@H]12. The number of allylic oxidation sites excluding steroid dienone is 1. The number of halogens is 1. The molecule has 0 N–H and O–H groups in total. The molecular weight excluding hydrogens is 608 g/mol. The smallest absolute Gasteiger partial charge is 0.334 e. The fraction of sp³-hybridized carbons (Fsp3) is 0.387. The van der Waals surface area contributed by atoms with Crippen LogP contribution in [0.5, 0.6) is 11.5 Å². The summed E-state index contributed by atoms with van der Waals surface area (Å²) in [6.07, 6.45) is 0. The predicted molar refractivity (Wildman–Crippen MR) is 154 cm³/mol. The molecule has 3 fully saturated rings. The number of hydrogen-bond acceptors (Lipinski definition) is 8. The van der Waals surface area contributed by atoms with E-state index in [4.69, 9.17) is 14.2 Å². The topological polar surface area (TPSA) is 120 Å². The van der Waals surface area contributed by atoms with Gasteiger partial charge in [0.15, 0.2) is 0 Å². The molecule has 2 aromatic rings. The number of esters is 1. The van der Waals surface area contributed by atoms with E-state index in [1.807, 2.05) is 0 Å². The van der Waals surface area contributed by atoms with Crippen molar-refractivity contribution in [2.45, 2.75) is 25.1 Å². The average molecular weight is 637 g/mol. The summed E-state index contributed by atoms with van der Waals surface area (Å²) < 4.78 is 14.4. The van der Waals surface area contributed by atoms with Gasteiger partial charge in [0.2, 0.25) is 23.6 Å². The Kier molecular flexibility index (Phi) is 6.38. The number of carbonyl (C=O) groups is 5. The molecule has 4 amide bonds. The van der Waals surface area contributed by atoms with Gasteiger partial charge in [-0.05, 0) is 68.0 Å². The van der Waals surface area contributed by atoms with Crippen molar-refractivity contribution in [2.24, 2.45) is 29.1 Å². The summed E-state index contributed by atoms with van der Waals surface area (Å²) in [6.45, 7) is 5.05. The van der Waals surface area contributed by atoms with Gasteiger partial charge in [0, 0.05) is 11.0 Å². The van der Waals surface area contributed by atoms with Crippen molar-refractivity contribution in [3.8, 4) is 11.5 Å². The van der Waals surface area contributed by atoms with Gasteiger partial charge in [-0.2, -0.15) is 0 Å². The second-order valence-electron chi connectivity index (χ2n) is 11.1. The zero-order valence-corrected chi connectivity index (χ0v) is 25.3. The molecule has 2 saturated heterocycles. The van der Waals surface area contributed by atoms with Crippen LogP contribution in [0.25, 0.3) is 0 Å². The van der Waals surface area contributed by atoms with Crippen LogP contribution in [0, 0.1) is 29.1 Å². The molecule has 0 radical (unpaired) electrons. The van der Waals surface area contributed by atoms with E-state index >= 15 is 0 Å². The number of methoxy groups -OCH3 is 2. The standard InChI is InChI=1S/C31H29BrN2O8/c1-6-42-29(39)20-15(2)31(32)23-21(25(35)33(27(23)37)16-7-11-18(40-4)12-8-16)30(20,3)22-24(31)28(38)34(26(22)36)17-9-13-19(41-5)14-10-17/h7-14,21-24H,6H2,1-5H3/t21-,22-,23+,24+,30?,31?/m1/s1. The summed E-state index contributed by atoms with van der Waals surface area (Å²) in [6, 6.07) is 13.0. The summed E-state index contributed by atoms with van der Waals surface area (Å²) >= 11 is 3.77. The van der Waals surface area contributed by atoms with Gasteiger partial charge in [-0.3, -0.25) is 19.2 Å². The van der Waals surface area contributed by atoms with Crippen molar-refractivity contribution in [1.82, 2.24) is 0 Å². The van der Waals surface area contributed by atoms with Crippen LogP contribution in [-0.4, -0.2) is 54.7 Å². The van der Waals surface area contributed by atoms with Crippen molar-refractivity contribution in [1.29, 1.82) is 0 Å². The average Bonchev–Trinajstić information content (AvgIpc) is 3.42. The van der Waals surface area contributed by atoms with E-state index < -0.39 is 63.0 Å². The summed E-state index contributed by atoms with van der Waals surface area (Å²) in [4.78, 5) is 73.0. The van der Waals surface area contributed by atoms with Crippen molar-refractivity contribution < 1.29 is 38.2 Å². The zero-order valence-electron chi connectivity index (χ0n) is 23.7. The Morgan fingerprint density at radius 3 is 1.50 bits per heavy atom. The van der Waals surface area contributed by atoms with E-state index in [1.165, 1.54) is 14.2 Å². The minimum absolute atomic E-state index is 0.0683. The van der Waals surface area contributed by atoms with Gasteiger partial charge in [-0.15, -0.1) is 0 Å². The predicted octanol–water partition coefficient (Wildman–Crippen LogP) is 3.66. The summed E-state index contributed by atoms with van der Waals surface area (Å²) in [7, 11) is 3.02. The summed E-state index contributed by atoms with van der Waals surface area (Å²) in [5.74, 6) is -6.01. The molecule has 218 valence electrons. The molecule has 1 saturated carbocycles. The summed E-state index contributed by atoms with van der Waals surface area (Å²) in [5, 5.41) is 0. The largest absolute Gasteiger partial charge is 0.497 e. The maximum absolute atomic E-state index is 14.3. The lowest BCUT2D eigenvalue weighted by atomic mass is 9.43. The van der Waals surface area contributed by atoms with E-state index in [1.54, 1.807) is 69.3 Å². The van der Waals surface area contributed by atoms with Gasteiger partial charge in [0.25, 0.3) is 0 Å². The van der Waals surface area contributed by atoms with Gasteiger partial charge in [0.1, 0.15) is 11.5 Å². The molecule has 5 aliphatic rings. The third-order valence-electron chi connectivity index (χ3n) is 9.44. The van der Waals surface area contributed by atoms with Gasteiger partial charge in [0.05, 0.1) is 60.2 Å². The van der Waals surface area contributed by atoms with Crippen LogP contribution in [0.2, 0.25) is 0 Å². The van der Waals surface area contributed by atoms with Gasteiger partial charge < -0.3 is 14.2 Å². The van der Waals surface area contributed by atoms with Crippen molar-refractivity contribution >= 4 is 56.9 Å². The fourth-order valence-corrected chi connectivity index (χ4v) is 8.82. The Hall–Kier alpha value is -3.99. The van der Waals surface area contributed by atoms with Crippen LogP contribution < -0.4 is 19.3 Å². The molecule has 4 atom stereocenters. The van der Waals surface area contributed by atoms with Crippen molar-refractivity contribution in [3.05, 3.63) is 59.7 Å². The number of hydrogen-bond donors (Lipinski definition) is 0. The molecule has 2 aromatic carbocycles. The Morgan fingerprint density at radius 2 is 1.14 bits per heavy atom. The normalized spacial score (nSPS) is 31.5. The number of nitrogens with zero attached hydrogens (tertiary/aromatic N) is 2. The van der Waals surface area contributed by atoms with Crippen molar-refractivity contribution in [3.63, 3.8) is 0 Å². The third-order valence-corrected chi connectivity index (χ3v) is 11.0. The van der Waals surface area contributed by atoms with Gasteiger partial charge >= 0.3 is 5.97 Å². The molecule has 10 nitrogen and oxygen atoms in total. The molecule has 2 aliphatic heterocycles. The number of imide groups is 2. The maximum atomic E-state index is 14.3. The number of alkyl halides is 1. The molecule has 11 heteroatoms. The Bertz CT molecular complexity index is 1490. The summed E-state index contributed by atoms with van der Waals surface area (Å²) in [5.41, 5.74) is -0.279. The lowest BCUT2D eigenvalue weighted by Crippen LogP contribution is -2.67. The monoisotopic (exact) mass is 636 g/mol. The van der Waals surface area contributed by atoms with E-state index in [0.717, 1.165) is 9.80 Å². The number of carbonyl (C=O) groups excluding carboxylic acids is 5. The van der Waals surface area contributed by atoms with Crippen LogP contribution >= 0.6 is 15.9 Å². The maximum Gasteiger partial charge on any atom is 0.334 e. The minimum Gasteiger partial charge on any atom is -0.497 e. The molecule has 0 unspecified atom stereocenters. The van der Waals surface area contributed by atoms with Crippen molar-refractivity contribution in [2.75, 3.05) is 30.6 Å². The van der Waals surface area contributed by atoms with Crippen LogP contribution in [0.3, 0.4) is 0 Å². The first-order valence-electron chi connectivity index (χ1n) is 13.6. The van der Waals surface area contributed by atoms with Gasteiger partial charge in [-0.25, -0.2) is 14.6 Å². The lowest BCUT2D eigenvalue weighted by Gasteiger charge is -2.59. The van der Waals surface area contributed by atoms with Gasteiger partial charge in [-0.1, -0.05) is 22.9 Å². The molecule has 3 aliphatic carbocycles. The second-order valence-corrected chi connectivity index (χ2v) is 12.4. The highest BCUT2D eigenvalue weighted by Gasteiger charge is 2.81. The lowest BCUT2D eigenvalue weighted by molar-refractivity contribution is -0.152. The van der Waals surface area contributed by atoms with E-state index in [0.29, 0.717) is 28.4 Å². The number of amides is 4. The minimum atomic E-state index is -1.51. The number of rotatable bonds is 6.